The maximum absolute atomic E-state index is 12.9. The molecule has 2 N–H and O–H groups in total. The highest BCUT2D eigenvalue weighted by Crippen LogP contribution is 2.41. The van der Waals surface area contributed by atoms with Crippen molar-refractivity contribution >= 4 is 35.5 Å². The molecule has 1 aliphatic heterocycles. The van der Waals surface area contributed by atoms with Crippen molar-refractivity contribution in [2.75, 3.05) is 19.8 Å². The second-order valence-electron chi connectivity index (χ2n) is 6.51. The SMILES string of the molecule is CCOC(=O)COC(=O)C1=C(C)NC(C)=C(C(=O)OCC(=O)O)C1c1ccccc1Cl. The highest BCUT2D eigenvalue weighted by atomic mass is 35.5. The number of carbonyl (C=O) groups excluding carboxylic acids is 3. The molecule has 0 saturated heterocycles. The lowest BCUT2D eigenvalue weighted by Crippen LogP contribution is -2.33. The standard InChI is InChI=1S/C21H22ClNO8/c1-4-29-16(26)10-31-21(28)18-12(3)23-11(2)17(20(27)30-9-15(24)25)19(18)13-7-5-6-8-14(13)22/h5-8,19,23H,4,9-10H2,1-3H3,(H,24,25). The molecule has 1 atom stereocenters. The van der Waals surface area contributed by atoms with E-state index < -0.39 is 43.0 Å². The highest BCUT2D eigenvalue weighted by Gasteiger charge is 2.39. The summed E-state index contributed by atoms with van der Waals surface area (Å²) in [5.41, 5.74) is 1.19. The predicted octanol–water partition coefficient (Wildman–Crippen LogP) is 2.31. The van der Waals surface area contributed by atoms with E-state index in [0.29, 0.717) is 17.0 Å². The first-order valence-corrected chi connectivity index (χ1v) is 9.69. The van der Waals surface area contributed by atoms with Crippen molar-refractivity contribution in [1.82, 2.24) is 5.32 Å². The minimum absolute atomic E-state index is 0.00281. The summed E-state index contributed by atoms with van der Waals surface area (Å²) in [6.07, 6.45) is 0. The average Bonchev–Trinajstić information content (AvgIpc) is 2.70. The lowest BCUT2D eigenvalue weighted by Gasteiger charge is -2.30. The number of hydrogen-bond acceptors (Lipinski definition) is 8. The molecule has 0 fully saturated rings. The summed E-state index contributed by atoms with van der Waals surface area (Å²) in [5.74, 6) is -4.85. The monoisotopic (exact) mass is 451 g/mol. The van der Waals surface area contributed by atoms with Crippen LogP contribution in [0, 0.1) is 0 Å². The molecule has 31 heavy (non-hydrogen) atoms. The molecular weight excluding hydrogens is 430 g/mol. The van der Waals surface area contributed by atoms with E-state index in [1.165, 1.54) is 0 Å². The van der Waals surface area contributed by atoms with Crippen LogP contribution < -0.4 is 5.32 Å². The molecule has 0 bridgehead atoms. The molecule has 1 unspecified atom stereocenters. The van der Waals surface area contributed by atoms with Gasteiger partial charge in [0.05, 0.1) is 23.7 Å². The van der Waals surface area contributed by atoms with Crippen LogP contribution in [0.4, 0.5) is 0 Å². The summed E-state index contributed by atoms with van der Waals surface area (Å²) in [6, 6.07) is 6.57. The fraction of sp³-hybridized carbons (Fsp3) is 0.333. The highest BCUT2D eigenvalue weighted by molar-refractivity contribution is 6.31. The Morgan fingerprint density at radius 1 is 0.968 bits per heavy atom. The summed E-state index contributed by atoms with van der Waals surface area (Å²) in [7, 11) is 0. The molecule has 0 radical (unpaired) electrons. The number of allylic oxidation sites excluding steroid dienone is 2. The Hall–Kier alpha value is -3.33. The lowest BCUT2D eigenvalue weighted by molar-refractivity contribution is -0.156. The zero-order valence-corrected chi connectivity index (χ0v) is 17.9. The van der Waals surface area contributed by atoms with Gasteiger partial charge in [0, 0.05) is 16.4 Å². The number of dihydropyridines is 1. The van der Waals surface area contributed by atoms with Crippen LogP contribution in [0.5, 0.6) is 0 Å². The number of hydrogen-bond donors (Lipinski definition) is 2. The Labute approximate surface area is 183 Å². The van der Waals surface area contributed by atoms with E-state index in [0.717, 1.165) is 0 Å². The molecule has 0 spiro atoms. The molecule has 10 heteroatoms. The van der Waals surface area contributed by atoms with Gasteiger partial charge in [0.2, 0.25) is 0 Å². The largest absolute Gasteiger partial charge is 0.479 e. The van der Waals surface area contributed by atoms with Gasteiger partial charge in [-0.15, -0.1) is 0 Å². The number of halogens is 1. The van der Waals surface area contributed by atoms with Crippen LogP contribution in [-0.4, -0.2) is 48.8 Å². The Kier molecular flexibility index (Phi) is 8.21. The van der Waals surface area contributed by atoms with Crippen LogP contribution >= 0.6 is 11.6 Å². The fourth-order valence-corrected chi connectivity index (χ4v) is 3.41. The van der Waals surface area contributed by atoms with Crippen molar-refractivity contribution in [2.24, 2.45) is 0 Å². The minimum Gasteiger partial charge on any atom is -0.479 e. The fourth-order valence-electron chi connectivity index (χ4n) is 3.17. The number of benzene rings is 1. The third-order valence-electron chi connectivity index (χ3n) is 4.37. The van der Waals surface area contributed by atoms with Gasteiger partial charge in [-0.05, 0) is 32.4 Å². The Balaban J connectivity index is 2.49. The van der Waals surface area contributed by atoms with E-state index in [-0.39, 0.29) is 22.8 Å². The normalized spacial score (nSPS) is 15.8. The van der Waals surface area contributed by atoms with Crippen molar-refractivity contribution in [3.05, 3.63) is 57.4 Å². The maximum Gasteiger partial charge on any atom is 0.344 e. The van der Waals surface area contributed by atoms with Gasteiger partial charge in [-0.1, -0.05) is 29.8 Å². The number of carbonyl (C=O) groups is 4. The quantitative estimate of drug-likeness (QED) is 0.451. The lowest BCUT2D eigenvalue weighted by atomic mass is 9.80. The van der Waals surface area contributed by atoms with E-state index in [1.807, 2.05) is 0 Å². The summed E-state index contributed by atoms with van der Waals surface area (Å²) < 4.78 is 14.7. The van der Waals surface area contributed by atoms with Gasteiger partial charge in [-0.3, -0.25) is 0 Å². The molecule has 2 rings (SSSR count). The van der Waals surface area contributed by atoms with Crippen molar-refractivity contribution in [1.29, 1.82) is 0 Å². The van der Waals surface area contributed by atoms with Gasteiger partial charge in [-0.2, -0.15) is 0 Å². The van der Waals surface area contributed by atoms with E-state index in [4.69, 9.17) is 30.9 Å². The molecule has 1 aliphatic rings. The number of nitrogens with one attached hydrogen (secondary N) is 1. The molecule has 1 aromatic rings. The molecule has 1 heterocycles. The molecule has 0 saturated carbocycles. The summed E-state index contributed by atoms with van der Waals surface area (Å²) >= 11 is 6.35. The Bertz CT molecular complexity index is 966. The van der Waals surface area contributed by atoms with Crippen LogP contribution in [0.15, 0.2) is 46.8 Å². The van der Waals surface area contributed by atoms with E-state index >= 15 is 0 Å². The van der Waals surface area contributed by atoms with Gasteiger partial charge in [-0.25, -0.2) is 19.2 Å². The van der Waals surface area contributed by atoms with E-state index in [1.54, 1.807) is 45.0 Å². The number of carboxylic acids is 1. The van der Waals surface area contributed by atoms with E-state index in [2.05, 4.69) is 5.32 Å². The van der Waals surface area contributed by atoms with Crippen molar-refractivity contribution in [3.8, 4) is 0 Å². The number of rotatable bonds is 8. The third-order valence-corrected chi connectivity index (χ3v) is 4.71. The van der Waals surface area contributed by atoms with Crippen molar-refractivity contribution in [2.45, 2.75) is 26.7 Å². The first-order valence-electron chi connectivity index (χ1n) is 9.32. The van der Waals surface area contributed by atoms with Crippen molar-refractivity contribution < 1.29 is 38.5 Å². The Morgan fingerprint density at radius 2 is 1.52 bits per heavy atom. The summed E-state index contributed by atoms with van der Waals surface area (Å²) in [4.78, 5) is 48.1. The van der Waals surface area contributed by atoms with E-state index in [9.17, 15) is 19.2 Å². The predicted molar refractivity (Wildman–Crippen MR) is 109 cm³/mol. The second-order valence-corrected chi connectivity index (χ2v) is 6.92. The molecule has 166 valence electrons. The summed E-state index contributed by atoms with van der Waals surface area (Å²) in [6.45, 7) is 3.48. The Morgan fingerprint density at radius 3 is 2.03 bits per heavy atom. The second kappa shape index (κ2) is 10.6. The summed E-state index contributed by atoms with van der Waals surface area (Å²) in [5, 5.41) is 12.0. The first-order chi connectivity index (χ1) is 14.7. The van der Waals surface area contributed by atoms with Crippen molar-refractivity contribution in [3.63, 3.8) is 0 Å². The third kappa shape index (κ3) is 5.85. The van der Waals surface area contributed by atoms with Crippen LogP contribution in [0.1, 0.15) is 32.3 Å². The van der Waals surface area contributed by atoms with Gasteiger partial charge < -0.3 is 24.6 Å². The number of carboxylic acid groups (broad SMARTS) is 1. The maximum atomic E-state index is 12.9. The minimum atomic E-state index is -1.33. The van der Waals surface area contributed by atoms with Gasteiger partial charge in [0.15, 0.2) is 13.2 Å². The van der Waals surface area contributed by atoms with Gasteiger partial charge >= 0.3 is 23.9 Å². The number of esters is 3. The van der Waals surface area contributed by atoms with Gasteiger partial charge in [0.25, 0.3) is 0 Å². The first kappa shape index (κ1) is 23.9. The zero-order chi connectivity index (χ0) is 23.1. The van der Waals surface area contributed by atoms with Gasteiger partial charge in [0.1, 0.15) is 0 Å². The molecule has 1 aromatic carbocycles. The van der Waals surface area contributed by atoms with Crippen LogP contribution in [-0.2, 0) is 33.4 Å². The van der Waals surface area contributed by atoms with Crippen LogP contribution in [0.3, 0.4) is 0 Å². The smallest absolute Gasteiger partial charge is 0.344 e. The molecule has 0 aromatic heterocycles. The molecule has 0 amide bonds. The average molecular weight is 452 g/mol. The molecule has 9 nitrogen and oxygen atoms in total. The number of aliphatic carboxylic acids is 1. The van der Waals surface area contributed by atoms with Crippen LogP contribution in [0.25, 0.3) is 0 Å². The molecule has 0 aliphatic carbocycles. The zero-order valence-electron chi connectivity index (χ0n) is 17.2. The number of ether oxygens (including phenoxy) is 3. The van der Waals surface area contributed by atoms with Crippen LogP contribution in [0.2, 0.25) is 5.02 Å². The molecular formula is C21H22ClNO8. The topological polar surface area (TPSA) is 128 Å².